The predicted octanol–water partition coefficient (Wildman–Crippen LogP) is 1.56. The van der Waals surface area contributed by atoms with Gasteiger partial charge in [-0.1, -0.05) is 16.8 Å². The number of halogens is 1. The molecule has 0 unspecified atom stereocenters. The zero-order valence-corrected chi connectivity index (χ0v) is 11.6. The van der Waals surface area contributed by atoms with Crippen LogP contribution in [0.25, 0.3) is 5.69 Å². The van der Waals surface area contributed by atoms with Gasteiger partial charge in [0.15, 0.2) is 5.15 Å². The lowest BCUT2D eigenvalue weighted by Gasteiger charge is -2.11. The molecule has 1 aromatic carbocycles. The van der Waals surface area contributed by atoms with Crippen molar-refractivity contribution in [3.05, 3.63) is 29.0 Å². The van der Waals surface area contributed by atoms with Crippen LogP contribution in [-0.2, 0) is 11.2 Å². The van der Waals surface area contributed by atoms with Crippen LogP contribution >= 0.6 is 11.6 Å². The molecule has 20 heavy (non-hydrogen) atoms. The van der Waals surface area contributed by atoms with E-state index in [1.165, 1.54) is 18.9 Å². The van der Waals surface area contributed by atoms with Crippen LogP contribution < -0.4 is 9.47 Å². The Hall–Kier alpha value is -2.28. The predicted molar refractivity (Wildman–Crippen MR) is 70.8 cm³/mol. The number of benzene rings is 1. The number of rotatable bonds is 5. The average Bonchev–Trinajstić information content (AvgIpc) is 2.79. The summed E-state index contributed by atoms with van der Waals surface area (Å²) >= 11 is 5.87. The molecule has 0 radical (unpaired) electrons. The molecular formula is C12H12ClN3O4. The maximum Gasteiger partial charge on any atom is 0.309 e. The van der Waals surface area contributed by atoms with Crippen molar-refractivity contribution in [3.63, 3.8) is 0 Å². The van der Waals surface area contributed by atoms with E-state index in [2.05, 4.69) is 10.3 Å². The summed E-state index contributed by atoms with van der Waals surface area (Å²) in [7, 11) is 3.03. The lowest BCUT2D eigenvalue weighted by molar-refractivity contribution is -0.136. The number of methoxy groups -OCH3 is 2. The highest BCUT2D eigenvalue weighted by Gasteiger charge is 2.18. The minimum Gasteiger partial charge on any atom is -0.497 e. The zero-order valence-electron chi connectivity index (χ0n) is 10.8. The van der Waals surface area contributed by atoms with Gasteiger partial charge in [0, 0.05) is 6.07 Å². The molecule has 0 spiro atoms. The summed E-state index contributed by atoms with van der Waals surface area (Å²) in [6.07, 6.45) is -0.291. The Morgan fingerprint density at radius 2 is 2.15 bits per heavy atom. The van der Waals surface area contributed by atoms with Crippen molar-refractivity contribution < 1.29 is 19.4 Å². The molecule has 0 aliphatic rings. The third kappa shape index (κ3) is 2.67. The van der Waals surface area contributed by atoms with Gasteiger partial charge in [0.05, 0.1) is 26.3 Å². The maximum atomic E-state index is 10.9. The molecule has 106 valence electrons. The van der Waals surface area contributed by atoms with Gasteiger partial charge in [-0.15, -0.1) is 5.10 Å². The number of hydrogen-bond acceptors (Lipinski definition) is 5. The Balaban J connectivity index is 2.54. The summed E-state index contributed by atoms with van der Waals surface area (Å²) in [6.45, 7) is 0. The van der Waals surface area contributed by atoms with Crippen molar-refractivity contribution >= 4 is 17.6 Å². The molecule has 2 rings (SSSR count). The molecule has 1 heterocycles. The Morgan fingerprint density at radius 3 is 2.75 bits per heavy atom. The molecule has 0 saturated heterocycles. The fraction of sp³-hybridized carbons (Fsp3) is 0.250. The van der Waals surface area contributed by atoms with Crippen LogP contribution in [0, 0.1) is 0 Å². The lowest BCUT2D eigenvalue weighted by atomic mass is 10.2. The van der Waals surface area contributed by atoms with E-state index in [9.17, 15) is 4.79 Å². The van der Waals surface area contributed by atoms with Gasteiger partial charge in [-0.05, 0) is 12.1 Å². The number of nitrogens with zero attached hydrogens (tertiary/aromatic N) is 3. The first kappa shape index (κ1) is 14.1. The van der Waals surface area contributed by atoms with Crippen LogP contribution in [0.5, 0.6) is 11.5 Å². The fourth-order valence-corrected chi connectivity index (χ4v) is 1.91. The third-order valence-electron chi connectivity index (χ3n) is 2.65. The van der Waals surface area contributed by atoms with Gasteiger partial charge in [0.25, 0.3) is 0 Å². The number of carboxylic acid groups (broad SMARTS) is 1. The highest BCUT2D eigenvalue weighted by molar-refractivity contribution is 6.30. The van der Waals surface area contributed by atoms with Gasteiger partial charge >= 0.3 is 5.97 Å². The van der Waals surface area contributed by atoms with Crippen molar-refractivity contribution in [3.8, 4) is 17.2 Å². The van der Waals surface area contributed by atoms with E-state index in [4.69, 9.17) is 26.2 Å². The largest absolute Gasteiger partial charge is 0.497 e. The molecule has 7 nitrogen and oxygen atoms in total. The molecule has 1 N–H and O–H groups in total. The summed E-state index contributed by atoms with van der Waals surface area (Å²) in [5.74, 6) is 0.0529. The van der Waals surface area contributed by atoms with E-state index in [0.29, 0.717) is 17.2 Å². The number of carbonyl (C=O) groups is 1. The van der Waals surface area contributed by atoms with Gasteiger partial charge in [0.1, 0.15) is 17.2 Å². The van der Waals surface area contributed by atoms with Crippen LogP contribution in [0.1, 0.15) is 5.69 Å². The number of aliphatic carboxylic acids is 1. The quantitative estimate of drug-likeness (QED) is 0.901. The van der Waals surface area contributed by atoms with Crippen molar-refractivity contribution in [1.82, 2.24) is 15.0 Å². The summed E-state index contributed by atoms with van der Waals surface area (Å²) in [6, 6.07) is 5.06. The van der Waals surface area contributed by atoms with E-state index in [1.54, 1.807) is 18.2 Å². The van der Waals surface area contributed by atoms with Gasteiger partial charge < -0.3 is 14.6 Å². The zero-order chi connectivity index (χ0) is 14.7. The average molecular weight is 298 g/mol. The van der Waals surface area contributed by atoms with Crippen molar-refractivity contribution in [1.29, 1.82) is 0 Å². The minimum atomic E-state index is -1.03. The maximum absolute atomic E-state index is 10.9. The highest BCUT2D eigenvalue weighted by atomic mass is 35.5. The Bertz CT molecular complexity index is 642. The van der Waals surface area contributed by atoms with Gasteiger partial charge in [-0.2, -0.15) is 0 Å². The number of carboxylic acids is 1. The van der Waals surface area contributed by atoms with E-state index in [0.717, 1.165) is 0 Å². The lowest BCUT2D eigenvalue weighted by Crippen LogP contribution is -2.09. The SMILES string of the molecule is COc1ccc(-n2nnc(Cl)c2CC(=O)O)c(OC)c1. The first-order chi connectivity index (χ1) is 9.56. The molecule has 0 amide bonds. The Morgan fingerprint density at radius 1 is 1.40 bits per heavy atom. The summed E-state index contributed by atoms with van der Waals surface area (Å²) in [4.78, 5) is 10.9. The minimum absolute atomic E-state index is 0.0465. The smallest absolute Gasteiger partial charge is 0.309 e. The van der Waals surface area contributed by atoms with E-state index >= 15 is 0 Å². The molecule has 0 atom stereocenters. The van der Waals surface area contributed by atoms with E-state index in [-0.39, 0.29) is 17.3 Å². The van der Waals surface area contributed by atoms with Crippen LogP contribution in [0.2, 0.25) is 5.15 Å². The van der Waals surface area contributed by atoms with Gasteiger partial charge in [0.2, 0.25) is 0 Å². The van der Waals surface area contributed by atoms with Crippen molar-refractivity contribution in [2.24, 2.45) is 0 Å². The molecule has 0 fully saturated rings. The highest BCUT2D eigenvalue weighted by Crippen LogP contribution is 2.29. The van der Waals surface area contributed by atoms with Gasteiger partial charge in [-0.3, -0.25) is 4.79 Å². The van der Waals surface area contributed by atoms with Crippen LogP contribution in [0.4, 0.5) is 0 Å². The first-order valence-corrected chi connectivity index (χ1v) is 5.99. The monoisotopic (exact) mass is 297 g/mol. The second-order valence-electron chi connectivity index (χ2n) is 3.85. The number of ether oxygens (including phenoxy) is 2. The fourth-order valence-electron chi connectivity index (χ4n) is 1.73. The van der Waals surface area contributed by atoms with Crippen molar-refractivity contribution in [2.45, 2.75) is 6.42 Å². The normalized spacial score (nSPS) is 10.3. The Labute approximate surface area is 119 Å². The summed E-state index contributed by atoms with van der Waals surface area (Å²) in [5.41, 5.74) is 0.812. The molecular weight excluding hydrogens is 286 g/mol. The number of hydrogen-bond donors (Lipinski definition) is 1. The van der Waals surface area contributed by atoms with Crippen LogP contribution in [-0.4, -0.2) is 40.3 Å². The van der Waals surface area contributed by atoms with Crippen LogP contribution in [0.15, 0.2) is 18.2 Å². The molecule has 0 aliphatic heterocycles. The van der Waals surface area contributed by atoms with Crippen LogP contribution in [0.3, 0.4) is 0 Å². The molecule has 2 aromatic rings. The molecule has 0 aliphatic carbocycles. The standard InChI is InChI=1S/C12H12ClN3O4/c1-19-7-3-4-8(10(5-7)20-2)16-9(6-11(17)18)12(13)14-15-16/h3-5H,6H2,1-2H3,(H,17,18). The van der Waals surface area contributed by atoms with Gasteiger partial charge in [-0.25, -0.2) is 4.68 Å². The summed E-state index contributed by atoms with van der Waals surface area (Å²) in [5, 5.41) is 16.5. The molecule has 1 aromatic heterocycles. The molecule has 0 saturated carbocycles. The molecule has 0 bridgehead atoms. The first-order valence-electron chi connectivity index (χ1n) is 5.61. The molecule has 8 heteroatoms. The van der Waals surface area contributed by atoms with E-state index in [1.807, 2.05) is 0 Å². The van der Waals surface area contributed by atoms with E-state index < -0.39 is 5.97 Å². The Kier molecular flexibility index (Phi) is 4.09. The second-order valence-corrected chi connectivity index (χ2v) is 4.21. The number of aromatic nitrogens is 3. The summed E-state index contributed by atoms with van der Waals surface area (Å²) < 4.78 is 11.7. The van der Waals surface area contributed by atoms with Crippen molar-refractivity contribution in [2.75, 3.05) is 14.2 Å². The third-order valence-corrected chi connectivity index (χ3v) is 2.94. The second kappa shape index (κ2) is 5.79. The topological polar surface area (TPSA) is 86.5 Å².